The largest absolute Gasteiger partial charge is 0.480 e. The number of nitrogens with zero attached hydrogens (tertiary/aromatic N) is 5. The number of carboxylic acid groups (broad SMARTS) is 2. The highest BCUT2D eigenvalue weighted by atomic mass is 35.5. The lowest BCUT2D eigenvalue weighted by Crippen LogP contribution is -2.43. The lowest BCUT2D eigenvalue weighted by atomic mass is 9.97. The van der Waals surface area contributed by atoms with Gasteiger partial charge in [-0.1, -0.05) is 48.7 Å². The summed E-state index contributed by atoms with van der Waals surface area (Å²) in [6, 6.07) is 10.2. The van der Waals surface area contributed by atoms with Gasteiger partial charge in [0.1, 0.15) is 12.1 Å². The number of anilines is 2. The fourth-order valence-electron chi connectivity index (χ4n) is 7.65. The third-order valence-electron chi connectivity index (χ3n) is 10.5. The van der Waals surface area contributed by atoms with Crippen LogP contribution in [0.3, 0.4) is 0 Å². The number of carbonyl (C=O) groups excluding carboxylic acids is 2. The van der Waals surface area contributed by atoms with Gasteiger partial charge < -0.3 is 20.4 Å². The molecule has 2 fully saturated rings. The second-order valence-corrected chi connectivity index (χ2v) is 16.4. The number of benzene rings is 2. The number of aryl methyl sites for hydroxylation is 2. The Balaban J connectivity index is 1.07. The minimum Gasteiger partial charge on any atom is -0.480 e. The van der Waals surface area contributed by atoms with Crippen molar-refractivity contribution in [3.05, 3.63) is 78.1 Å². The number of rotatable bonds is 10. The maximum Gasteiger partial charge on any atom is 0.320 e. The number of nitrogens with one attached hydrogen (secondary N) is 1. The summed E-state index contributed by atoms with van der Waals surface area (Å²) in [6.07, 6.45) is 5.50. The first-order valence-corrected chi connectivity index (χ1v) is 19.9. The lowest BCUT2D eigenvalue weighted by molar-refractivity contribution is -0.145. The molecule has 12 nitrogen and oxygen atoms in total. The van der Waals surface area contributed by atoms with Gasteiger partial charge in [0, 0.05) is 40.6 Å². The summed E-state index contributed by atoms with van der Waals surface area (Å²) >= 11 is 9.58. The zero-order valence-electron chi connectivity index (χ0n) is 29.6. The van der Waals surface area contributed by atoms with Crippen LogP contribution >= 0.6 is 34.3 Å². The molecule has 2 amide bonds. The molecular formula is C38H41ClN6O6S2. The van der Waals surface area contributed by atoms with E-state index in [0.29, 0.717) is 73.4 Å². The SMILES string of the molecule is Cc1nc(C(=O)Nc2cccc(-c3cccc4c3CCN4C(=O)c3nc(C)c(CN4CCCC[C@H]4C(=O)O)s3)c2Cl)sc1CN1CCCC[C@H]1C(=O)O. The van der Waals surface area contributed by atoms with Gasteiger partial charge in [-0.05, 0) is 82.3 Å². The summed E-state index contributed by atoms with van der Waals surface area (Å²) in [7, 11) is 0. The molecule has 3 aliphatic heterocycles. The van der Waals surface area contributed by atoms with E-state index in [4.69, 9.17) is 11.6 Å². The van der Waals surface area contributed by atoms with Crippen molar-refractivity contribution in [1.29, 1.82) is 0 Å². The Labute approximate surface area is 320 Å². The first-order valence-electron chi connectivity index (χ1n) is 17.9. The summed E-state index contributed by atoms with van der Waals surface area (Å²) in [4.78, 5) is 67.6. The number of carboxylic acids is 2. The molecule has 0 saturated carbocycles. The zero-order valence-corrected chi connectivity index (χ0v) is 32.0. The van der Waals surface area contributed by atoms with Gasteiger partial charge in [-0.25, -0.2) is 9.97 Å². The number of halogens is 1. The highest BCUT2D eigenvalue weighted by molar-refractivity contribution is 7.14. The van der Waals surface area contributed by atoms with E-state index in [0.717, 1.165) is 63.5 Å². The van der Waals surface area contributed by atoms with Crippen molar-refractivity contribution in [3.8, 4) is 11.1 Å². The average Bonchev–Trinajstić information content (AvgIpc) is 3.85. The van der Waals surface area contributed by atoms with Gasteiger partial charge in [-0.15, -0.1) is 22.7 Å². The van der Waals surface area contributed by atoms with Gasteiger partial charge in [-0.2, -0.15) is 0 Å². The predicted molar refractivity (Wildman–Crippen MR) is 205 cm³/mol. The number of thiazole rings is 2. The average molecular weight is 777 g/mol. The van der Waals surface area contributed by atoms with Gasteiger partial charge in [0.15, 0.2) is 10.0 Å². The summed E-state index contributed by atoms with van der Waals surface area (Å²) in [6.45, 7) is 6.44. The predicted octanol–water partition coefficient (Wildman–Crippen LogP) is 6.87. The van der Waals surface area contributed by atoms with Crippen molar-refractivity contribution in [2.75, 3.05) is 29.9 Å². The number of likely N-dealkylation sites (tertiary alicyclic amines) is 2. The standard InChI is InChI=1S/C38H41ClN6O6S2/c1-21-30(19-43-16-5-3-12-28(43)37(48)49)52-34(40-21)33(46)42-26-11-7-10-25(32(26)39)23-9-8-14-27-24(23)15-18-45(27)36(47)35-41-22(2)31(53-35)20-44-17-6-4-13-29(44)38(50)51/h7-11,14,28-29H,3-6,12-13,15-20H2,1-2H3,(H,42,46)(H,48,49)(H,50,51)/t28-,29-/m0/s1. The molecule has 0 radical (unpaired) electrons. The highest BCUT2D eigenvalue weighted by Gasteiger charge is 2.33. The number of carbonyl (C=O) groups is 4. The van der Waals surface area contributed by atoms with Gasteiger partial charge >= 0.3 is 11.9 Å². The number of amides is 2. The summed E-state index contributed by atoms with van der Waals surface area (Å²) in [5, 5.41) is 23.4. The van der Waals surface area contributed by atoms with E-state index in [-0.39, 0.29) is 10.9 Å². The number of piperidine rings is 2. The summed E-state index contributed by atoms with van der Waals surface area (Å²) in [5.41, 5.74) is 5.20. The number of hydrogen-bond donors (Lipinski definition) is 3. The van der Waals surface area contributed by atoms with Crippen molar-refractivity contribution >= 4 is 69.4 Å². The molecule has 0 spiro atoms. The van der Waals surface area contributed by atoms with Crippen molar-refractivity contribution < 1.29 is 29.4 Å². The van der Waals surface area contributed by atoms with Crippen LogP contribution in [0.15, 0.2) is 36.4 Å². The normalized spacial score (nSPS) is 19.3. The van der Waals surface area contributed by atoms with Crippen LogP contribution in [0.25, 0.3) is 11.1 Å². The third-order valence-corrected chi connectivity index (χ3v) is 13.1. The molecule has 0 bridgehead atoms. The van der Waals surface area contributed by atoms with Gasteiger partial charge in [0.2, 0.25) is 0 Å². The van der Waals surface area contributed by atoms with Crippen LogP contribution in [0.4, 0.5) is 11.4 Å². The van der Waals surface area contributed by atoms with Crippen molar-refractivity contribution in [1.82, 2.24) is 19.8 Å². The van der Waals surface area contributed by atoms with Crippen LogP contribution in [0, 0.1) is 13.8 Å². The quantitative estimate of drug-likeness (QED) is 0.155. The van der Waals surface area contributed by atoms with E-state index in [9.17, 15) is 29.4 Å². The monoisotopic (exact) mass is 776 g/mol. The maximum absolute atomic E-state index is 13.9. The Kier molecular flexibility index (Phi) is 11.0. The molecular weight excluding hydrogens is 736 g/mol. The van der Waals surface area contributed by atoms with Gasteiger partial charge in [0.05, 0.1) is 22.1 Å². The topological polar surface area (TPSA) is 156 Å². The Bertz CT molecular complexity index is 2080. The minimum absolute atomic E-state index is 0.197. The van der Waals surface area contributed by atoms with E-state index in [1.807, 2.05) is 54.0 Å². The molecule has 4 aromatic rings. The van der Waals surface area contributed by atoms with Crippen molar-refractivity contribution in [2.24, 2.45) is 0 Å². The van der Waals surface area contributed by atoms with Crippen LogP contribution in [0.5, 0.6) is 0 Å². The molecule has 7 rings (SSSR count). The van der Waals surface area contributed by atoms with Gasteiger partial charge in [0.25, 0.3) is 11.8 Å². The van der Waals surface area contributed by atoms with E-state index < -0.39 is 29.9 Å². The number of hydrogen-bond acceptors (Lipinski definition) is 10. The first kappa shape index (κ1) is 37.1. The number of aliphatic carboxylic acids is 2. The highest BCUT2D eigenvalue weighted by Crippen LogP contribution is 2.42. The second-order valence-electron chi connectivity index (χ2n) is 13.8. The number of fused-ring (bicyclic) bond motifs is 1. The van der Waals surface area contributed by atoms with Crippen molar-refractivity contribution in [2.45, 2.75) is 84.0 Å². The first-order chi connectivity index (χ1) is 25.5. The Morgan fingerprint density at radius 1 is 0.792 bits per heavy atom. The molecule has 2 aromatic carbocycles. The molecule has 3 N–H and O–H groups in total. The molecule has 2 saturated heterocycles. The smallest absolute Gasteiger partial charge is 0.320 e. The molecule has 0 unspecified atom stereocenters. The Hall–Kier alpha value is -4.21. The van der Waals surface area contributed by atoms with Crippen LogP contribution < -0.4 is 10.2 Å². The molecule has 3 aliphatic rings. The van der Waals surface area contributed by atoms with Crippen LogP contribution in [-0.2, 0) is 29.1 Å². The molecule has 2 atom stereocenters. The molecule has 15 heteroatoms. The van der Waals surface area contributed by atoms with E-state index >= 15 is 0 Å². The molecule has 2 aromatic heterocycles. The second kappa shape index (κ2) is 15.6. The lowest BCUT2D eigenvalue weighted by Gasteiger charge is -2.32. The fraction of sp³-hybridized carbons (Fsp3) is 0.421. The maximum atomic E-state index is 13.9. The van der Waals surface area contributed by atoms with E-state index in [1.165, 1.54) is 22.7 Å². The van der Waals surface area contributed by atoms with Crippen LogP contribution in [0.1, 0.15) is 84.8 Å². The molecule has 0 aliphatic carbocycles. The molecule has 53 heavy (non-hydrogen) atoms. The molecule has 278 valence electrons. The van der Waals surface area contributed by atoms with E-state index in [1.54, 1.807) is 11.0 Å². The zero-order chi connectivity index (χ0) is 37.4. The number of aromatic nitrogens is 2. The summed E-state index contributed by atoms with van der Waals surface area (Å²) < 4.78 is 0. The van der Waals surface area contributed by atoms with Gasteiger partial charge in [-0.3, -0.25) is 29.0 Å². The van der Waals surface area contributed by atoms with Crippen LogP contribution in [-0.4, -0.2) is 85.5 Å². The van der Waals surface area contributed by atoms with E-state index in [2.05, 4.69) is 15.3 Å². The van der Waals surface area contributed by atoms with Crippen LogP contribution in [0.2, 0.25) is 5.02 Å². The Morgan fingerprint density at radius 2 is 1.36 bits per heavy atom. The third kappa shape index (κ3) is 7.60. The van der Waals surface area contributed by atoms with Crippen molar-refractivity contribution in [3.63, 3.8) is 0 Å². The fourth-order valence-corrected chi connectivity index (χ4v) is 9.95. The molecule has 5 heterocycles. The minimum atomic E-state index is -0.826. The Morgan fingerprint density at radius 3 is 1.98 bits per heavy atom. The summed E-state index contributed by atoms with van der Waals surface area (Å²) in [5.74, 6) is -2.24.